The number of nitrogens with zero attached hydrogens (tertiary/aromatic N) is 2. The quantitative estimate of drug-likeness (QED) is 0.683. The Morgan fingerprint density at radius 1 is 1.47 bits per heavy atom. The molecule has 1 unspecified atom stereocenters. The highest BCUT2D eigenvalue weighted by Gasteiger charge is 2.31. The zero-order chi connectivity index (χ0) is 14.2. The Hall–Kier alpha value is -1.14. The van der Waals surface area contributed by atoms with E-state index >= 15 is 0 Å². The molecule has 1 aromatic heterocycles. The smallest absolute Gasteiger partial charge is 0.304 e. The van der Waals surface area contributed by atoms with Gasteiger partial charge in [-0.25, -0.2) is 0 Å². The van der Waals surface area contributed by atoms with Crippen LogP contribution in [0.1, 0.15) is 44.6 Å². The summed E-state index contributed by atoms with van der Waals surface area (Å²) in [7, 11) is 0. The fourth-order valence-electron chi connectivity index (χ4n) is 2.27. The molecule has 1 fully saturated rings. The first-order chi connectivity index (χ1) is 8.80. The van der Waals surface area contributed by atoms with Gasteiger partial charge in [-0.15, -0.1) is 11.3 Å². The van der Waals surface area contributed by atoms with Crippen LogP contribution in [0.25, 0.3) is 0 Å². The molecule has 19 heavy (non-hydrogen) atoms. The maximum atomic E-state index is 11.1. The van der Waals surface area contributed by atoms with Crippen LogP contribution in [0, 0.1) is 15.5 Å². The van der Waals surface area contributed by atoms with Crippen LogP contribution < -0.4 is 4.90 Å². The highest BCUT2D eigenvalue weighted by molar-refractivity contribution is 7.16. The number of nitro groups is 1. The van der Waals surface area contributed by atoms with Crippen molar-refractivity contribution in [1.82, 2.24) is 0 Å². The third kappa shape index (κ3) is 3.06. The van der Waals surface area contributed by atoms with Crippen LogP contribution in [-0.4, -0.2) is 23.1 Å². The molecule has 0 spiro atoms. The van der Waals surface area contributed by atoms with Crippen LogP contribution in [0.2, 0.25) is 0 Å². The van der Waals surface area contributed by atoms with Gasteiger partial charge in [0.05, 0.1) is 11.0 Å². The molecule has 1 saturated heterocycles. The second-order valence-electron chi connectivity index (χ2n) is 5.92. The molecule has 0 amide bonds. The summed E-state index contributed by atoms with van der Waals surface area (Å²) in [5.74, 6) is 0. The van der Waals surface area contributed by atoms with Gasteiger partial charge in [-0.05, 0) is 25.2 Å². The van der Waals surface area contributed by atoms with Gasteiger partial charge in [0, 0.05) is 24.0 Å². The van der Waals surface area contributed by atoms with E-state index in [0.717, 1.165) is 25.9 Å². The number of piperidine rings is 1. The number of thiophene rings is 1. The Kier molecular flexibility index (Phi) is 3.82. The van der Waals surface area contributed by atoms with E-state index in [-0.39, 0.29) is 10.6 Å². The molecule has 2 rings (SSSR count). The van der Waals surface area contributed by atoms with Crippen molar-refractivity contribution in [1.29, 1.82) is 0 Å². The van der Waals surface area contributed by atoms with Crippen molar-refractivity contribution < 1.29 is 10.0 Å². The molecule has 1 aliphatic heterocycles. The van der Waals surface area contributed by atoms with Crippen LogP contribution in [0.5, 0.6) is 0 Å². The monoisotopic (exact) mass is 284 g/mol. The molecule has 1 aromatic rings. The third-order valence-corrected chi connectivity index (χ3v) is 5.08. The van der Waals surface area contributed by atoms with E-state index < -0.39 is 6.10 Å². The maximum absolute atomic E-state index is 11.1. The average molecular weight is 284 g/mol. The molecule has 5 nitrogen and oxygen atoms in total. The van der Waals surface area contributed by atoms with Crippen molar-refractivity contribution in [3.63, 3.8) is 0 Å². The second-order valence-corrected chi connectivity index (χ2v) is 6.99. The average Bonchev–Trinajstić information content (AvgIpc) is 2.74. The van der Waals surface area contributed by atoms with E-state index in [1.54, 1.807) is 6.92 Å². The molecule has 0 radical (unpaired) electrons. The lowest BCUT2D eigenvalue weighted by molar-refractivity contribution is -0.383. The Bertz CT molecular complexity index is 472. The maximum Gasteiger partial charge on any atom is 0.304 e. The number of aliphatic hydroxyl groups excluding tert-OH is 1. The minimum absolute atomic E-state index is 0.126. The van der Waals surface area contributed by atoms with Crippen molar-refractivity contribution in [3.8, 4) is 0 Å². The van der Waals surface area contributed by atoms with E-state index in [1.807, 2.05) is 0 Å². The molecular formula is C13H20N2O3S. The highest BCUT2D eigenvalue weighted by Crippen LogP contribution is 2.42. The molecule has 0 aliphatic carbocycles. The normalized spacial score (nSPS) is 20.3. The molecule has 6 heteroatoms. The lowest BCUT2D eigenvalue weighted by atomic mass is 9.83. The zero-order valence-electron chi connectivity index (χ0n) is 11.5. The highest BCUT2D eigenvalue weighted by atomic mass is 32.1. The van der Waals surface area contributed by atoms with E-state index in [0.29, 0.717) is 15.3 Å². The second kappa shape index (κ2) is 5.09. The van der Waals surface area contributed by atoms with Crippen molar-refractivity contribution in [3.05, 3.63) is 21.1 Å². The zero-order valence-corrected chi connectivity index (χ0v) is 12.4. The minimum atomic E-state index is -0.654. The summed E-state index contributed by atoms with van der Waals surface area (Å²) in [6.45, 7) is 7.78. The lowest BCUT2D eigenvalue weighted by Gasteiger charge is -2.37. The molecular weight excluding hydrogens is 264 g/mol. The largest absolute Gasteiger partial charge is 0.388 e. The summed E-state index contributed by atoms with van der Waals surface area (Å²) in [6.07, 6.45) is 1.41. The van der Waals surface area contributed by atoms with Gasteiger partial charge in [0.2, 0.25) is 0 Å². The molecule has 0 saturated carbocycles. The summed E-state index contributed by atoms with van der Waals surface area (Å²) in [4.78, 5) is 13.5. The van der Waals surface area contributed by atoms with Crippen LogP contribution >= 0.6 is 11.3 Å². The molecule has 1 atom stereocenters. The molecule has 106 valence electrons. The number of hydrogen-bond donors (Lipinski definition) is 1. The van der Waals surface area contributed by atoms with E-state index in [2.05, 4.69) is 18.7 Å². The predicted molar refractivity (Wildman–Crippen MR) is 76.8 cm³/mol. The van der Waals surface area contributed by atoms with Crippen LogP contribution in [0.4, 0.5) is 10.7 Å². The first-order valence-electron chi connectivity index (χ1n) is 6.51. The van der Waals surface area contributed by atoms with E-state index in [4.69, 9.17) is 0 Å². The Balaban J connectivity index is 2.26. The predicted octanol–water partition coefficient (Wildman–Crippen LogP) is 3.34. The van der Waals surface area contributed by atoms with Gasteiger partial charge in [-0.1, -0.05) is 13.8 Å². The van der Waals surface area contributed by atoms with E-state index in [9.17, 15) is 15.2 Å². The number of aliphatic hydroxyl groups is 1. The van der Waals surface area contributed by atoms with Crippen molar-refractivity contribution in [2.45, 2.75) is 39.7 Å². The topological polar surface area (TPSA) is 66.6 Å². The van der Waals surface area contributed by atoms with Gasteiger partial charge in [0.25, 0.3) is 0 Å². The van der Waals surface area contributed by atoms with Gasteiger partial charge in [0.1, 0.15) is 0 Å². The van der Waals surface area contributed by atoms with Gasteiger partial charge in [-0.3, -0.25) is 10.1 Å². The van der Waals surface area contributed by atoms with Gasteiger partial charge < -0.3 is 10.0 Å². The number of rotatable bonds is 3. The standard InChI is InChI=1S/C13H20N2O3S/c1-9(16)11-8-10(15(17)18)12(19-11)14-6-4-13(2,3)5-7-14/h8-9,16H,4-7H2,1-3H3. The van der Waals surface area contributed by atoms with Gasteiger partial charge >= 0.3 is 5.69 Å². The summed E-state index contributed by atoms with van der Waals surface area (Å²) in [6, 6.07) is 1.50. The first kappa shape index (κ1) is 14.3. The fraction of sp³-hybridized carbons (Fsp3) is 0.692. The fourth-order valence-corrected chi connectivity index (χ4v) is 3.38. The van der Waals surface area contributed by atoms with Crippen LogP contribution in [-0.2, 0) is 0 Å². The van der Waals surface area contributed by atoms with Crippen LogP contribution in [0.15, 0.2) is 6.07 Å². The molecule has 1 aliphatic rings. The number of hydrogen-bond acceptors (Lipinski definition) is 5. The molecule has 2 heterocycles. The minimum Gasteiger partial charge on any atom is -0.388 e. The summed E-state index contributed by atoms with van der Waals surface area (Å²) in [5.41, 5.74) is 0.441. The van der Waals surface area contributed by atoms with Gasteiger partial charge in [-0.2, -0.15) is 0 Å². The first-order valence-corrected chi connectivity index (χ1v) is 7.33. The SMILES string of the molecule is CC(O)c1cc([N+](=O)[O-])c(N2CCC(C)(C)CC2)s1. The van der Waals surface area contributed by atoms with Crippen molar-refractivity contribution >= 4 is 22.0 Å². The van der Waals surface area contributed by atoms with Gasteiger partial charge in [0.15, 0.2) is 5.00 Å². The molecule has 0 bridgehead atoms. The summed E-state index contributed by atoms with van der Waals surface area (Å²) < 4.78 is 0. The summed E-state index contributed by atoms with van der Waals surface area (Å²) in [5, 5.41) is 21.4. The lowest BCUT2D eigenvalue weighted by Crippen LogP contribution is -2.37. The summed E-state index contributed by atoms with van der Waals surface area (Å²) >= 11 is 1.34. The van der Waals surface area contributed by atoms with Crippen molar-refractivity contribution in [2.75, 3.05) is 18.0 Å². The van der Waals surface area contributed by atoms with E-state index in [1.165, 1.54) is 17.4 Å². The molecule has 0 aromatic carbocycles. The Morgan fingerprint density at radius 2 is 2.05 bits per heavy atom. The number of anilines is 1. The molecule has 1 N–H and O–H groups in total. The Labute approximate surface area is 117 Å². The van der Waals surface area contributed by atoms with Crippen molar-refractivity contribution in [2.24, 2.45) is 5.41 Å². The third-order valence-electron chi connectivity index (χ3n) is 3.73. The Morgan fingerprint density at radius 3 is 2.53 bits per heavy atom. The van der Waals surface area contributed by atoms with Crippen LogP contribution in [0.3, 0.4) is 0 Å².